The lowest BCUT2D eigenvalue weighted by Crippen LogP contribution is -2.16. The average Bonchev–Trinajstić information content (AvgIpc) is 2.67. The number of hydrogen-bond donors (Lipinski definition) is 1. The van der Waals surface area contributed by atoms with Gasteiger partial charge in [-0.05, 0) is 18.6 Å². The lowest BCUT2D eigenvalue weighted by molar-refractivity contribution is 0.142. The second-order valence-electron chi connectivity index (χ2n) is 3.74. The Hall–Kier alpha value is -1.29. The van der Waals surface area contributed by atoms with E-state index in [0.717, 1.165) is 6.42 Å². The van der Waals surface area contributed by atoms with Gasteiger partial charge < -0.3 is 15.2 Å². The van der Waals surface area contributed by atoms with Crippen LogP contribution in [0.15, 0.2) is 12.1 Å². The van der Waals surface area contributed by atoms with Crippen LogP contribution >= 0.6 is 0 Å². The van der Waals surface area contributed by atoms with Crippen LogP contribution in [-0.4, -0.2) is 19.3 Å². The number of ether oxygens (including phenoxy) is 2. The molecule has 4 heteroatoms. The molecule has 0 aromatic heterocycles. The number of rotatable bonds is 2. The predicted molar refractivity (Wildman–Crippen MR) is 55.4 cm³/mol. The van der Waals surface area contributed by atoms with Crippen molar-refractivity contribution in [1.29, 1.82) is 0 Å². The van der Waals surface area contributed by atoms with Gasteiger partial charge in [-0.1, -0.05) is 0 Å². The summed E-state index contributed by atoms with van der Waals surface area (Å²) in [5.74, 6) is 0.243. The molecule has 1 aliphatic heterocycles. The normalized spacial score (nSPS) is 20.5. The van der Waals surface area contributed by atoms with Crippen molar-refractivity contribution in [3.8, 4) is 5.75 Å². The molecule has 1 saturated heterocycles. The van der Waals surface area contributed by atoms with E-state index in [-0.39, 0.29) is 11.9 Å². The minimum Gasteiger partial charge on any atom is -0.486 e. The Morgan fingerprint density at radius 1 is 1.53 bits per heavy atom. The van der Waals surface area contributed by atoms with E-state index in [1.54, 1.807) is 13.0 Å². The smallest absolute Gasteiger partial charge is 0.143 e. The molecule has 1 aliphatic rings. The molecule has 1 heterocycles. The standard InChI is InChI=1S/C11H14FNO2/c1-7-4-11(10(13)5-9(7)12)15-8-2-3-14-6-8/h4-5,8H,2-3,6,13H2,1H3. The number of halogens is 1. The summed E-state index contributed by atoms with van der Waals surface area (Å²) < 4.78 is 23.9. The number of nitrogens with two attached hydrogens (primary N) is 1. The van der Waals surface area contributed by atoms with Crippen LogP contribution in [0.25, 0.3) is 0 Å². The van der Waals surface area contributed by atoms with Crippen molar-refractivity contribution in [2.24, 2.45) is 0 Å². The van der Waals surface area contributed by atoms with Crippen LogP contribution in [0.2, 0.25) is 0 Å². The summed E-state index contributed by atoms with van der Waals surface area (Å²) in [5, 5.41) is 0. The maximum atomic E-state index is 13.1. The van der Waals surface area contributed by atoms with Crippen LogP contribution < -0.4 is 10.5 Å². The first-order chi connectivity index (χ1) is 7.16. The third-order valence-corrected chi connectivity index (χ3v) is 2.47. The molecular formula is C11H14FNO2. The largest absolute Gasteiger partial charge is 0.486 e. The molecule has 3 nitrogen and oxygen atoms in total. The van der Waals surface area contributed by atoms with Gasteiger partial charge in [-0.3, -0.25) is 0 Å². The van der Waals surface area contributed by atoms with Crippen molar-refractivity contribution in [2.45, 2.75) is 19.4 Å². The van der Waals surface area contributed by atoms with Gasteiger partial charge in [0.25, 0.3) is 0 Å². The predicted octanol–water partition coefficient (Wildman–Crippen LogP) is 1.88. The third-order valence-electron chi connectivity index (χ3n) is 2.47. The highest BCUT2D eigenvalue weighted by Crippen LogP contribution is 2.27. The highest BCUT2D eigenvalue weighted by molar-refractivity contribution is 5.54. The number of hydrogen-bond acceptors (Lipinski definition) is 3. The number of benzene rings is 1. The molecular weight excluding hydrogens is 197 g/mol. The molecule has 15 heavy (non-hydrogen) atoms. The molecule has 1 aromatic carbocycles. The first-order valence-corrected chi connectivity index (χ1v) is 4.97. The van der Waals surface area contributed by atoms with Crippen molar-refractivity contribution in [3.63, 3.8) is 0 Å². The van der Waals surface area contributed by atoms with Gasteiger partial charge in [-0.15, -0.1) is 0 Å². The van der Waals surface area contributed by atoms with E-state index < -0.39 is 0 Å². The highest BCUT2D eigenvalue weighted by atomic mass is 19.1. The van der Waals surface area contributed by atoms with Crippen LogP contribution in [0.4, 0.5) is 10.1 Å². The highest BCUT2D eigenvalue weighted by Gasteiger charge is 2.18. The van der Waals surface area contributed by atoms with Gasteiger partial charge >= 0.3 is 0 Å². The van der Waals surface area contributed by atoms with Crippen molar-refractivity contribution in [3.05, 3.63) is 23.5 Å². The second kappa shape index (κ2) is 4.06. The average molecular weight is 211 g/mol. The summed E-state index contributed by atoms with van der Waals surface area (Å²) in [6, 6.07) is 2.92. The van der Waals surface area contributed by atoms with Gasteiger partial charge in [0.2, 0.25) is 0 Å². The summed E-state index contributed by atoms with van der Waals surface area (Å²) in [7, 11) is 0. The molecule has 1 fully saturated rings. The van der Waals surface area contributed by atoms with E-state index in [9.17, 15) is 4.39 Å². The number of nitrogen functional groups attached to an aromatic ring is 1. The van der Waals surface area contributed by atoms with Crippen LogP contribution in [0.1, 0.15) is 12.0 Å². The van der Waals surface area contributed by atoms with Crippen LogP contribution in [0.3, 0.4) is 0 Å². The van der Waals surface area contributed by atoms with Gasteiger partial charge in [0.05, 0.1) is 18.9 Å². The van der Waals surface area contributed by atoms with Crippen molar-refractivity contribution in [2.75, 3.05) is 18.9 Å². The second-order valence-corrected chi connectivity index (χ2v) is 3.74. The lowest BCUT2D eigenvalue weighted by atomic mass is 10.2. The minimum absolute atomic E-state index is 0.0390. The van der Waals surface area contributed by atoms with Gasteiger partial charge in [0.1, 0.15) is 17.7 Å². The maximum absolute atomic E-state index is 13.1. The number of anilines is 1. The Bertz CT molecular complexity index is 362. The van der Waals surface area contributed by atoms with Crippen molar-refractivity contribution >= 4 is 5.69 Å². The summed E-state index contributed by atoms with van der Waals surface area (Å²) in [6.07, 6.45) is 0.896. The zero-order chi connectivity index (χ0) is 10.8. The van der Waals surface area contributed by atoms with Crippen LogP contribution in [0.5, 0.6) is 5.75 Å². The van der Waals surface area contributed by atoms with Crippen molar-refractivity contribution in [1.82, 2.24) is 0 Å². The molecule has 0 radical (unpaired) electrons. The van der Waals surface area contributed by atoms with Gasteiger partial charge in [0.15, 0.2) is 0 Å². The first-order valence-electron chi connectivity index (χ1n) is 4.97. The van der Waals surface area contributed by atoms with Gasteiger partial charge in [0, 0.05) is 12.5 Å². The molecule has 1 aromatic rings. The Kier molecular flexibility index (Phi) is 2.77. The van der Waals surface area contributed by atoms with Gasteiger partial charge in [-0.2, -0.15) is 0 Å². The zero-order valence-corrected chi connectivity index (χ0v) is 8.63. The van der Waals surface area contributed by atoms with E-state index in [4.69, 9.17) is 15.2 Å². The lowest BCUT2D eigenvalue weighted by Gasteiger charge is -2.14. The minimum atomic E-state index is -0.303. The molecule has 0 amide bonds. The van der Waals surface area contributed by atoms with Gasteiger partial charge in [-0.25, -0.2) is 4.39 Å². The van der Waals surface area contributed by atoms with Crippen LogP contribution in [0, 0.1) is 12.7 Å². The summed E-state index contributed by atoms with van der Waals surface area (Å²) in [5.41, 5.74) is 6.54. The van der Waals surface area contributed by atoms with E-state index in [0.29, 0.717) is 30.2 Å². The monoisotopic (exact) mass is 211 g/mol. The summed E-state index contributed by atoms with van der Waals surface area (Å²) in [6.45, 7) is 2.98. The Labute approximate surface area is 88.0 Å². The molecule has 2 rings (SSSR count). The summed E-state index contributed by atoms with van der Waals surface area (Å²) in [4.78, 5) is 0. The number of aryl methyl sites for hydroxylation is 1. The molecule has 0 spiro atoms. The molecule has 0 bridgehead atoms. The Morgan fingerprint density at radius 2 is 2.33 bits per heavy atom. The first kappa shape index (κ1) is 10.2. The third kappa shape index (κ3) is 2.21. The maximum Gasteiger partial charge on any atom is 0.143 e. The van der Waals surface area contributed by atoms with Crippen LogP contribution in [-0.2, 0) is 4.74 Å². The zero-order valence-electron chi connectivity index (χ0n) is 8.63. The van der Waals surface area contributed by atoms with E-state index in [1.165, 1.54) is 6.07 Å². The fourth-order valence-electron chi connectivity index (χ4n) is 1.56. The van der Waals surface area contributed by atoms with E-state index >= 15 is 0 Å². The molecule has 1 atom stereocenters. The Balaban J connectivity index is 2.16. The SMILES string of the molecule is Cc1cc(OC2CCOC2)c(N)cc1F. The summed E-state index contributed by atoms with van der Waals surface area (Å²) >= 11 is 0. The molecule has 82 valence electrons. The fourth-order valence-corrected chi connectivity index (χ4v) is 1.56. The van der Waals surface area contributed by atoms with Crippen molar-refractivity contribution < 1.29 is 13.9 Å². The quantitative estimate of drug-likeness (QED) is 0.760. The fraction of sp³-hybridized carbons (Fsp3) is 0.455. The molecule has 0 aliphatic carbocycles. The van der Waals surface area contributed by atoms with E-state index in [1.807, 2.05) is 0 Å². The van der Waals surface area contributed by atoms with E-state index in [2.05, 4.69) is 0 Å². The molecule has 0 saturated carbocycles. The molecule has 1 unspecified atom stereocenters. The topological polar surface area (TPSA) is 44.5 Å². The Morgan fingerprint density at radius 3 is 3.00 bits per heavy atom. The molecule has 2 N–H and O–H groups in total.